The normalized spacial score (nSPS) is 10.5. The molecule has 0 aliphatic heterocycles. The van der Waals surface area contributed by atoms with Crippen LogP contribution in [0.5, 0.6) is 11.5 Å². The average molecular weight is 421 g/mol. The largest absolute Gasteiger partial charge is 0.490 e. The molecule has 3 aromatic carbocycles. The van der Waals surface area contributed by atoms with Gasteiger partial charge in [-0.2, -0.15) is 0 Å². The van der Waals surface area contributed by atoms with Crippen LogP contribution in [0.15, 0.2) is 60.7 Å². The van der Waals surface area contributed by atoms with E-state index >= 15 is 0 Å². The fourth-order valence-electron chi connectivity index (χ4n) is 3.03. The van der Waals surface area contributed by atoms with Gasteiger partial charge in [0.2, 0.25) is 0 Å². The number of esters is 1. The summed E-state index contributed by atoms with van der Waals surface area (Å²) in [6.07, 6.45) is 1.96. The van der Waals surface area contributed by atoms with Gasteiger partial charge in [0.15, 0.2) is 18.1 Å². The second-order valence-corrected chi connectivity index (χ2v) is 6.98. The lowest BCUT2D eigenvalue weighted by atomic mass is 10.1. The van der Waals surface area contributed by atoms with Crippen molar-refractivity contribution < 1.29 is 23.8 Å². The summed E-state index contributed by atoms with van der Waals surface area (Å²) in [6.45, 7) is 4.58. The molecule has 0 saturated carbocycles. The number of amides is 1. The minimum Gasteiger partial charge on any atom is -0.490 e. The predicted octanol–water partition coefficient (Wildman–Crippen LogP) is 5.21. The quantitative estimate of drug-likeness (QED) is 0.359. The number of hydrogen-bond donors (Lipinski definition) is 1. The Labute approximate surface area is 182 Å². The molecule has 0 bridgehead atoms. The number of anilines is 1. The van der Waals surface area contributed by atoms with E-state index < -0.39 is 11.9 Å². The van der Waals surface area contributed by atoms with Gasteiger partial charge in [0, 0.05) is 5.69 Å². The zero-order valence-corrected chi connectivity index (χ0v) is 17.9. The lowest BCUT2D eigenvalue weighted by molar-refractivity contribution is -0.119. The maximum Gasteiger partial charge on any atom is 0.338 e. The Morgan fingerprint density at radius 1 is 0.871 bits per heavy atom. The van der Waals surface area contributed by atoms with Crippen LogP contribution in [-0.2, 0) is 9.53 Å². The van der Waals surface area contributed by atoms with E-state index in [1.165, 1.54) is 0 Å². The third-order valence-corrected chi connectivity index (χ3v) is 4.60. The van der Waals surface area contributed by atoms with Crippen LogP contribution in [0.2, 0.25) is 0 Å². The summed E-state index contributed by atoms with van der Waals surface area (Å²) in [5.74, 6) is 0.0532. The van der Waals surface area contributed by atoms with Crippen molar-refractivity contribution in [3.8, 4) is 11.5 Å². The fraction of sp³-hybridized carbons (Fsp3) is 0.280. The van der Waals surface area contributed by atoms with E-state index in [1.807, 2.05) is 49.4 Å². The summed E-state index contributed by atoms with van der Waals surface area (Å²) in [6, 6.07) is 18.3. The van der Waals surface area contributed by atoms with Gasteiger partial charge in [-0.3, -0.25) is 4.79 Å². The molecule has 6 nitrogen and oxygen atoms in total. The Balaban J connectivity index is 1.58. The monoisotopic (exact) mass is 421 g/mol. The molecule has 0 atom stereocenters. The summed E-state index contributed by atoms with van der Waals surface area (Å²) >= 11 is 0. The molecular weight excluding hydrogens is 394 g/mol. The van der Waals surface area contributed by atoms with Crippen LogP contribution in [0.1, 0.15) is 37.0 Å². The van der Waals surface area contributed by atoms with E-state index in [9.17, 15) is 9.59 Å². The third-order valence-electron chi connectivity index (χ3n) is 4.60. The van der Waals surface area contributed by atoms with Crippen LogP contribution < -0.4 is 14.8 Å². The predicted molar refractivity (Wildman–Crippen MR) is 121 cm³/mol. The number of ether oxygens (including phenoxy) is 3. The fourth-order valence-corrected chi connectivity index (χ4v) is 3.03. The smallest absolute Gasteiger partial charge is 0.338 e. The molecule has 3 aromatic rings. The molecular formula is C25H27NO5. The molecule has 1 amide bonds. The Morgan fingerprint density at radius 2 is 1.68 bits per heavy atom. The summed E-state index contributed by atoms with van der Waals surface area (Å²) in [5, 5.41) is 4.85. The van der Waals surface area contributed by atoms with Gasteiger partial charge in [0.05, 0.1) is 18.8 Å². The van der Waals surface area contributed by atoms with E-state index in [-0.39, 0.29) is 6.61 Å². The number of fused-ring (bicyclic) bond motifs is 1. The number of rotatable bonds is 10. The first kappa shape index (κ1) is 22.2. The first-order chi connectivity index (χ1) is 15.1. The van der Waals surface area contributed by atoms with E-state index in [4.69, 9.17) is 14.2 Å². The molecule has 1 N–H and O–H groups in total. The van der Waals surface area contributed by atoms with Gasteiger partial charge in [-0.1, -0.05) is 43.7 Å². The van der Waals surface area contributed by atoms with Crippen molar-refractivity contribution in [1.82, 2.24) is 0 Å². The third kappa shape index (κ3) is 6.22. The van der Waals surface area contributed by atoms with Crippen molar-refractivity contribution in [3.63, 3.8) is 0 Å². The van der Waals surface area contributed by atoms with Gasteiger partial charge in [-0.25, -0.2) is 4.79 Å². The standard InChI is InChI=1S/C25H27NO5/c1-3-5-14-30-22-13-11-20(16-23(22)29-4-2)25(28)31-17-24(27)26-21-12-10-18-8-6-7-9-19(18)15-21/h6-13,15-16H,3-5,14,17H2,1-2H3,(H,26,27). The van der Waals surface area contributed by atoms with Crippen molar-refractivity contribution in [2.75, 3.05) is 25.1 Å². The minimum absolute atomic E-state index is 0.296. The molecule has 0 radical (unpaired) electrons. The summed E-state index contributed by atoms with van der Waals surface area (Å²) in [7, 11) is 0. The SMILES string of the molecule is CCCCOc1ccc(C(=O)OCC(=O)Nc2ccc3ccccc3c2)cc1OCC. The molecule has 6 heteroatoms. The van der Waals surface area contributed by atoms with Gasteiger partial charge in [-0.15, -0.1) is 0 Å². The molecule has 31 heavy (non-hydrogen) atoms. The molecule has 0 aliphatic rings. The van der Waals surface area contributed by atoms with Crippen LogP contribution in [-0.4, -0.2) is 31.7 Å². The van der Waals surface area contributed by atoms with Gasteiger partial charge in [0.1, 0.15) is 0 Å². The highest BCUT2D eigenvalue weighted by Gasteiger charge is 2.14. The second kappa shape index (κ2) is 11.0. The first-order valence-corrected chi connectivity index (χ1v) is 10.5. The summed E-state index contributed by atoms with van der Waals surface area (Å²) in [4.78, 5) is 24.6. The van der Waals surface area contributed by atoms with Crippen LogP contribution in [0.25, 0.3) is 10.8 Å². The topological polar surface area (TPSA) is 73.9 Å². The Kier molecular flexibility index (Phi) is 7.87. The molecule has 0 unspecified atom stereocenters. The Bertz CT molecular complexity index is 1050. The number of carbonyl (C=O) groups is 2. The van der Waals surface area contributed by atoms with Crippen molar-refractivity contribution in [2.45, 2.75) is 26.7 Å². The van der Waals surface area contributed by atoms with Crippen LogP contribution in [0.3, 0.4) is 0 Å². The molecule has 3 rings (SSSR count). The maximum atomic E-state index is 12.4. The second-order valence-electron chi connectivity index (χ2n) is 6.98. The highest BCUT2D eigenvalue weighted by atomic mass is 16.5. The highest BCUT2D eigenvalue weighted by Crippen LogP contribution is 2.29. The number of benzene rings is 3. The summed E-state index contributed by atoms with van der Waals surface area (Å²) in [5.41, 5.74) is 0.941. The van der Waals surface area contributed by atoms with Gasteiger partial charge < -0.3 is 19.5 Å². The van der Waals surface area contributed by atoms with Crippen LogP contribution in [0, 0.1) is 0 Å². The molecule has 0 aliphatic carbocycles. The van der Waals surface area contributed by atoms with Crippen LogP contribution >= 0.6 is 0 Å². The van der Waals surface area contributed by atoms with Crippen LogP contribution in [0.4, 0.5) is 5.69 Å². The first-order valence-electron chi connectivity index (χ1n) is 10.5. The lowest BCUT2D eigenvalue weighted by Crippen LogP contribution is -2.21. The minimum atomic E-state index is -0.602. The highest BCUT2D eigenvalue weighted by molar-refractivity contribution is 5.97. The number of nitrogens with one attached hydrogen (secondary N) is 1. The molecule has 0 spiro atoms. The zero-order valence-electron chi connectivity index (χ0n) is 17.9. The van der Waals surface area contributed by atoms with E-state index in [0.29, 0.717) is 36.0 Å². The maximum absolute atomic E-state index is 12.4. The molecule has 0 fully saturated rings. The van der Waals surface area contributed by atoms with E-state index in [1.54, 1.807) is 18.2 Å². The van der Waals surface area contributed by atoms with E-state index in [2.05, 4.69) is 12.2 Å². The molecule has 162 valence electrons. The number of unbranched alkanes of at least 4 members (excludes halogenated alkanes) is 1. The Morgan fingerprint density at radius 3 is 2.45 bits per heavy atom. The molecule has 0 saturated heterocycles. The number of carbonyl (C=O) groups excluding carboxylic acids is 2. The lowest BCUT2D eigenvalue weighted by Gasteiger charge is -2.13. The van der Waals surface area contributed by atoms with Crippen molar-refractivity contribution in [3.05, 3.63) is 66.2 Å². The number of hydrogen-bond acceptors (Lipinski definition) is 5. The Hall–Kier alpha value is -3.54. The average Bonchev–Trinajstić information content (AvgIpc) is 2.78. The molecule has 0 aromatic heterocycles. The van der Waals surface area contributed by atoms with Crippen molar-refractivity contribution in [1.29, 1.82) is 0 Å². The van der Waals surface area contributed by atoms with Gasteiger partial charge in [-0.05, 0) is 54.4 Å². The molecule has 0 heterocycles. The summed E-state index contributed by atoms with van der Waals surface area (Å²) < 4.78 is 16.5. The van der Waals surface area contributed by atoms with Gasteiger partial charge >= 0.3 is 5.97 Å². The van der Waals surface area contributed by atoms with Crippen molar-refractivity contribution in [2.24, 2.45) is 0 Å². The zero-order chi connectivity index (χ0) is 22.1. The van der Waals surface area contributed by atoms with Crippen molar-refractivity contribution >= 4 is 28.3 Å². The van der Waals surface area contributed by atoms with Gasteiger partial charge in [0.25, 0.3) is 5.91 Å². The van der Waals surface area contributed by atoms with E-state index in [0.717, 1.165) is 23.6 Å².